The van der Waals surface area contributed by atoms with Crippen LogP contribution in [0.1, 0.15) is 35.6 Å². The second-order valence-electron chi connectivity index (χ2n) is 9.39. The molecule has 1 aliphatic heterocycles. The lowest BCUT2D eigenvalue weighted by Crippen LogP contribution is -2.37. The second kappa shape index (κ2) is 11.2. The summed E-state index contributed by atoms with van der Waals surface area (Å²) >= 11 is 6.15. The van der Waals surface area contributed by atoms with E-state index >= 15 is 0 Å². The summed E-state index contributed by atoms with van der Waals surface area (Å²) in [6.07, 6.45) is -8.85. The van der Waals surface area contributed by atoms with Gasteiger partial charge in [-0.2, -0.15) is 31.6 Å². The standard InChI is InChI=1S/C25H25ClF6N2O2S/c1-16(20-8-9-34(14-20)37(35,36)15-24(27,28)29)21(10-17-6-7-19(13-33)23(26)11-17)12-18-4-2-3-5-22(18)25(30,31)32/h2-7,11,16,20-21H,8-10,12,14-15H2,1H3/t16-,20?,21?/m1/s1. The Balaban J connectivity index is 1.89. The number of nitrogens with zero attached hydrogens (tertiary/aromatic N) is 2. The molecular formula is C25H25ClF6N2O2S. The van der Waals surface area contributed by atoms with Crippen LogP contribution in [0.25, 0.3) is 0 Å². The van der Waals surface area contributed by atoms with E-state index in [1.165, 1.54) is 24.3 Å². The maximum absolute atomic E-state index is 13.7. The van der Waals surface area contributed by atoms with Gasteiger partial charge in [-0.25, -0.2) is 12.7 Å². The molecule has 0 aromatic heterocycles. The third-order valence-corrected chi connectivity index (χ3v) is 8.99. The smallest absolute Gasteiger partial charge is 0.212 e. The SMILES string of the molecule is C[C@@H](C(Cc1ccc(C#N)c(Cl)c1)Cc1ccccc1C(F)(F)F)C1CCN(S(=O)(=O)CC(F)(F)F)C1. The van der Waals surface area contributed by atoms with Gasteiger partial charge in [-0.15, -0.1) is 0 Å². The molecule has 0 amide bonds. The van der Waals surface area contributed by atoms with Crippen LogP contribution in [-0.4, -0.2) is 37.7 Å². The van der Waals surface area contributed by atoms with Crippen LogP contribution in [0, 0.1) is 29.1 Å². The summed E-state index contributed by atoms with van der Waals surface area (Å²) in [6.45, 7) is 1.57. The minimum Gasteiger partial charge on any atom is -0.212 e. The fourth-order valence-corrected chi connectivity index (χ4v) is 6.54. The Hall–Kier alpha value is -2.29. The second-order valence-corrected chi connectivity index (χ2v) is 11.8. The summed E-state index contributed by atoms with van der Waals surface area (Å²) in [4.78, 5) is 0. The highest BCUT2D eigenvalue weighted by Crippen LogP contribution is 2.38. The van der Waals surface area contributed by atoms with Gasteiger partial charge in [0, 0.05) is 13.1 Å². The molecule has 1 fully saturated rings. The number of hydrogen-bond acceptors (Lipinski definition) is 3. The van der Waals surface area contributed by atoms with Crippen molar-refractivity contribution in [1.82, 2.24) is 4.31 Å². The van der Waals surface area contributed by atoms with E-state index in [9.17, 15) is 34.8 Å². The molecule has 4 nitrogen and oxygen atoms in total. The minimum absolute atomic E-state index is 0.0142. The van der Waals surface area contributed by atoms with Crippen molar-refractivity contribution in [2.45, 2.75) is 38.5 Å². The highest BCUT2D eigenvalue weighted by atomic mass is 35.5. The monoisotopic (exact) mass is 566 g/mol. The third-order valence-electron chi connectivity index (χ3n) is 6.87. The lowest BCUT2D eigenvalue weighted by molar-refractivity contribution is -0.138. The van der Waals surface area contributed by atoms with Crippen molar-refractivity contribution in [1.29, 1.82) is 5.26 Å². The van der Waals surface area contributed by atoms with Gasteiger partial charge in [0.1, 0.15) is 6.07 Å². The first-order chi connectivity index (χ1) is 17.1. The molecule has 1 aliphatic rings. The van der Waals surface area contributed by atoms with Gasteiger partial charge in [-0.1, -0.05) is 42.8 Å². The Morgan fingerprint density at radius 3 is 2.38 bits per heavy atom. The fraction of sp³-hybridized carbons (Fsp3) is 0.480. The quantitative estimate of drug-likeness (QED) is 0.344. The molecular weight excluding hydrogens is 542 g/mol. The van der Waals surface area contributed by atoms with Crippen LogP contribution in [-0.2, 0) is 29.0 Å². The zero-order valence-corrected chi connectivity index (χ0v) is 21.4. The van der Waals surface area contributed by atoms with Crippen LogP contribution in [0.15, 0.2) is 42.5 Å². The van der Waals surface area contributed by atoms with Gasteiger partial charge in [0.25, 0.3) is 0 Å². The van der Waals surface area contributed by atoms with Crippen LogP contribution in [0.4, 0.5) is 26.3 Å². The van der Waals surface area contributed by atoms with Gasteiger partial charge in [0.2, 0.25) is 10.0 Å². The summed E-state index contributed by atoms with van der Waals surface area (Å²) in [7, 11) is -4.56. The van der Waals surface area contributed by atoms with Crippen LogP contribution in [0.2, 0.25) is 5.02 Å². The normalized spacial score (nSPS) is 18.9. The topological polar surface area (TPSA) is 61.2 Å². The Morgan fingerprint density at radius 2 is 1.78 bits per heavy atom. The number of benzene rings is 2. The average molecular weight is 567 g/mol. The molecule has 0 N–H and O–H groups in total. The first kappa shape index (κ1) is 29.3. The van der Waals surface area contributed by atoms with E-state index in [0.29, 0.717) is 12.0 Å². The van der Waals surface area contributed by atoms with E-state index in [-0.39, 0.29) is 53.9 Å². The first-order valence-electron chi connectivity index (χ1n) is 11.5. The number of halogens is 7. The minimum atomic E-state index is -4.87. The molecule has 2 unspecified atom stereocenters. The molecule has 0 bridgehead atoms. The van der Waals surface area contributed by atoms with Crippen LogP contribution in [0.3, 0.4) is 0 Å². The Kier molecular flexibility index (Phi) is 8.87. The number of hydrogen-bond donors (Lipinski definition) is 0. The molecule has 2 aromatic rings. The summed E-state index contributed by atoms with van der Waals surface area (Å²) < 4.78 is 105. The van der Waals surface area contributed by atoms with Gasteiger partial charge < -0.3 is 0 Å². The molecule has 3 rings (SSSR count). The Labute approximate surface area is 216 Å². The summed E-state index contributed by atoms with van der Waals surface area (Å²) in [6, 6.07) is 11.9. The zero-order valence-electron chi connectivity index (χ0n) is 19.8. The van der Waals surface area contributed by atoms with Crippen molar-refractivity contribution in [3.8, 4) is 6.07 Å². The van der Waals surface area contributed by atoms with E-state index in [4.69, 9.17) is 16.9 Å². The van der Waals surface area contributed by atoms with Crippen molar-refractivity contribution in [3.63, 3.8) is 0 Å². The number of sulfonamides is 1. The van der Waals surface area contributed by atoms with Gasteiger partial charge >= 0.3 is 12.4 Å². The molecule has 2 aromatic carbocycles. The highest BCUT2D eigenvalue weighted by Gasteiger charge is 2.43. The molecule has 12 heteroatoms. The maximum Gasteiger partial charge on any atom is 0.416 e. The first-order valence-corrected chi connectivity index (χ1v) is 13.5. The molecule has 37 heavy (non-hydrogen) atoms. The number of nitriles is 1. The molecule has 202 valence electrons. The summed E-state index contributed by atoms with van der Waals surface area (Å²) in [5, 5.41) is 9.32. The molecule has 0 aliphatic carbocycles. The Bertz CT molecular complexity index is 1260. The third kappa shape index (κ3) is 7.62. The highest BCUT2D eigenvalue weighted by molar-refractivity contribution is 7.89. The molecule has 0 saturated carbocycles. The molecule has 0 spiro atoms. The number of rotatable bonds is 8. The van der Waals surface area contributed by atoms with Gasteiger partial charge in [0.15, 0.2) is 5.75 Å². The zero-order chi connectivity index (χ0) is 27.6. The van der Waals surface area contributed by atoms with E-state index in [1.54, 1.807) is 19.1 Å². The van der Waals surface area contributed by atoms with E-state index in [1.807, 2.05) is 6.07 Å². The van der Waals surface area contributed by atoms with Crippen molar-refractivity contribution in [2.75, 3.05) is 18.8 Å². The van der Waals surface area contributed by atoms with E-state index < -0.39 is 39.6 Å². The maximum atomic E-state index is 13.7. The molecule has 0 radical (unpaired) electrons. The average Bonchev–Trinajstić information content (AvgIpc) is 3.28. The predicted molar refractivity (Wildman–Crippen MR) is 127 cm³/mol. The van der Waals surface area contributed by atoms with E-state index in [0.717, 1.165) is 10.4 Å². The fourth-order valence-electron chi connectivity index (χ4n) is 4.90. The van der Waals surface area contributed by atoms with Crippen molar-refractivity contribution in [3.05, 3.63) is 69.7 Å². The Morgan fingerprint density at radius 1 is 1.11 bits per heavy atom. The van der Waals surface area contributed by atoms with Crippen molar-refractivity contribution < 1.29 is 34.8 Å². The summed E-state index contributed by atoms with van der Waals surface area (Å²) in [5.74, 6) is -3.04. The van der Waals surface area contributed by atoms with Crippen molar-refractivity contribution in [2.24, 2.45) is 17.8 Å². The van der Waals surface area contributed by atoms with Crippen molar-refractivity contribution >= 4 is 21.6 Å². The van der Waals surface area contributed by atoms with Gasteiger partial charge in [0.05, 0.1) is 16.1 Å². The number of alkyl halides is 6. The van der Waals surface area contributed by atoms with Gasteiger partial charge in [-0.3, -0.25) is 0 Å². The lowest BCUT2D eigenvalue weighted by Gasteiger charge is -2.30. The van der Waals surface area contributed by atoms with Crippen LogP contribution >= 0.6 is 11.6 Å². The van der Waals surface area contributed by atoms with E-state index in [2.05, 4.69) is 0 Å². The lowest BCUT2D eigenvalue weighted by atomic mass is 9.75. The molecule has 1 saturated heterocycles. The van der Waals surface area contributed by atoms with Crippen LogP contribution in [0.5, 0.6) is 0 Å². The largest absolute Gasteiger partial charge is 0.416 e. The predicted octanol–water partition coefficient (Wildman–Crippen LogP) is 6.48. The molecule has 3 atom stereocenters. The van der Waals surface area contributed by atoms with Gasteiger partial charge in [-0.05, 0) is 66.3 Å². The molecule has 1 heterocycles. The van der Waals surface area contributed by atoms with Crippen LogP contribution < -0.4 is 0 Å². The summed E-state index contributed by atoms with van der Waals surface area (Å²) in [5.41, 5.74) is 0.237.